The molecule has 136 valence electrons. The maximum absolute atomic E-state index is 12.7. The molecular weight excluding hydrogens is 379 g/mol. The number of benzene rings is 1. The molecule has 0 radical (unpaired) electrons. The smallest absolute Gasteiger partial charge is 0.287 e. The number of halogens is 2. The zero-order valence-electron chi connectivity index (χ0n) is 14.0. The molecule has 1 amide bonds. The molecule has 0 aliphatic heterocycles. The van der Waals surface area contributed by atoms with Gasteiger partial charge < -0.3 is 9.64 Å². The summed E-state index contributed by atoms with van der Waals surface area (Å²) in [5.74, 6) is 0.267. The molecule has 9 heteroatoms. The topological polar surface area (TPSA) is 88.2 Å². The molecule has 0 saturated heterocycles. The Hall–Kier alpha value is -2.56. The fourth-order valence-corrected chi connectivity index (χ4v) is 2.49. The third-order valence-corrected chi connectivity index (χ3v) is 4.18. The molecule has 1 aromatic carbocycles. The number of hydrogen-bond donors (Lipinski definition) is 0. The second kappa shape index (κ2) is 9.22. The van der Waals surface area contributed by atoms with Gasteiger partial charge >= 0.3 is 0 Å². The van der Waals surface area contributed by atoms with Gasteiger partial charge in [0.1, 0.15) is 17.3 Å². The molecule has 0 spiro atoms. The fourth-order valence-electron chi connectivity index (χ4n) is 2.22. The van der Waals surface area contributed by atoms with Crippen molar-refractivity contribution >= 4 is 34.8 Å². The number of hydrogen-bond acceptors (Lipinski definition) is 5. The van der Waals surface area contributed by atoms with Gasteiger partial charge in [-0.2, -0.15) is 10.4 Å². The Morgan fingerprint density at radius 1 is 1.35 bits per heavy atom. The highest BCUT2D eigenvalue weighted by molar-refractivity contribution is 6.41. The fraction of sp³-hybridized carbons (Fsp3) is 0.294. The quantitative estimate of drug-likeness (QED) is 0.719. The minimum Gasteiger partial charge on any atom is -0.494 e. The molecule has 0 saturated carbocycles. The van der Waals surface area contributed by atoms with Gasteiger partial charge in [-0.05, 0) is 31.2 Å². The van der Waals surface area contributed by atoms with Gasteiger partial charge in [0.15, 0.2) is 0 Å². The van der Waals surface area contributed by atoms with Gasteiger partial charge in [-0.15, -0.1) is 0 Å². The number of carbonyl (C=O) groups is 1. The zero-order valence-corrected chi connectivity index (χ0v) is 15.5. The molecule has 0 aliphatic carbocycles. The predicted octanol–water partition coefficient (Wildman–Crippen LogP) is 2.90. The minimum atomic E-state index is -0.653. The lowest BCUT2D eigenvalue weighted by atomic mass is 10.2. The summed E-state index contributed by atoms with van der Waals surface area (Å²) >= 11 is 11.5. The van der Waals surface area contributed by atoms with E-state index in [1.165, 1.54) is 11.1 Å². The molecular formula is C17H16Cl2N4O3. The third kappa shape index (κ3) is 4.75. The number of nitriles is 1. The standard InChI is InChI=1S/C17H16Cl2N4O3/c1-2-26-13-6-4-12(5-7-13)22(9-3-8-20)15(24)11-23-17(25)16(19)14(18)10-21-23/h4-7,10H,2-3,9,11H2,1H3. The predicted molar refractivity (Wildman–Crippen MR) is 98.7 cm³/mol. The second-order valence-electron chi connectivity index (χ2n) is 5.15. The number of nitrogens with zero attached hydrogens (tertiary/aromatic N) is 4. The summed E-state index contributed by atoms with van der Waals surface area (Å²) < 4.78 is 6.31. The number of aromatic nitrogens is 2. The highest BCUT2D eigenvalue weighted by Crippen LogP contribution is 2.20. The van der Waals surface area contributed by atoms with E-state index in [-0.39, 0.29) is 29.6 Å². The Labute approximate surface area is 160 Å². The first kappa shape index (κ1) is 19.8. The van der Waals surface area contributed by atoms with E-state index in [4.69, 9.17) is 33.2 Å². The lowest BCUT2D eigenvalue weighted by Gasteiger charge is -2.22. The van der Waals surface area contributed by atoms with Gasteiger partial charge in [0, 0.05) is 12.2 Å². The van der Waals surface area contributed by atoms with E-state index in [0.29, 0.717) is 18.0 Å². The summed E-state index contributed by atoms with van der Waals surface area (Å²) in [6.07, 6.45) is 1.34. The van der Waals surface area contributed by atoms with Crippen LogP contribution in [0.15, 0.2) is 35.3 Å². The lowest BCUT2D eigenvalue weighted by Crippen LogP contribution is -2.38. The number of carbonyl (C=O) groups excluding carboxylic acids is 1. The summed E-state index contributed by atoms with van der Waals surface area (Å²) in [5, 5.41) is 12.5. The molecule has 0 bridgehead atoms. The van der Waals surface area contributed by atoms with Gasteiger partial charge in [-0.3, -0.25) is 9.59 Å². The minimum absolute atomic E-state index is 0.0215. The molecule has 0 aliphatic rings. The van der Waals surface area contributed by atoms with Crippen LogP contribution in [-0.4, -0.2) is 28.8 Å². The molecule has 0 N–H and O–H groups in total. The van der Waals surface area contributed by atoms with Crippen LogP contribution in [0, 0.1) is 11.3 Å². The van der Waals surface area contributed by atoms with Crippen molar-refractivity contribution in [3.63, 3.8) is 0 Å². The Balaban J connectivity index is 2.26. The summed E-state index contributed by atoms with van der Waals surface area (Å²) in [6, 6.07) is 8.89. The first-order valence-electron chi connectivity index (χ1n) is 7.79. The van der Waals surface area contributed by atoms with Crippen LogP contribution in [-0.2, 0) is 11.3 Å². The highest BCUT2D eigenvalue weighted by atomic mass is 35.5. The lowest BCUT2D eigenvalue weighted by molar-refractivity contribution is -0.119. The molecule has 0 fully saturated rings. The Bertz CT molecular complexity index is 875. The molecule has 1 aromatic heterocycles. The van der Waals surface area contributed by atoms with Crippen molar-refractivity contribution in [3.8, 4) is 11.8 Å². The van der Waals surface area contributed by atoms with E-state index in [9.17, 15) is 9.59 Å². The van der Waals surface area contributed by atoms with Crippen molar-refractivity contribution < 1.29 is 9.53 Å². The van der Waals surface area contributed by atoms with Crippen LogP contribution in [0.2, 0.25) is 10.0 Å². The zero-order chi connectivity index (χ0) is 19.1. The molecule has 2 aromatic rings. The van der Waals surface area contributed by atoms with Crippen molar-refractivity contribution in [2.45, 2.75) is 19.9 Å². The van der Waals surface area contributed by atoms with Crippen molar-refractivity contribution in [2.24, 2.45) is 0 Å². The van der Waals surface area contributed by atoms with Crippen LogP contribution in [0.1, 0.15) is 13.3 Å². The average molecular weight is 395 g/mol. The van der Waals surface area contributed by atoms with E-state index in [2.05, 4.69) is 5.10 Å². The Morgan fingerprint density at radius 3 is 2.65 bits per heavy atom. The van der Waals surface area contributed by atoms with Gasteiger partial charge in [-0.25, -0.2) is 4.68 Å². The van der Waals surface area contributed by atoms with Crippen molar-refractivity contribution in [1.29, 1.82) is 5.26 Å². The molecule has 0 unspecified atom stereocenters. The highest BCUT2D eigenvalue weighted by Gasteiger charge is 2.18. The first-order chi connectivity index (χ1) is 12.5. The third-order valence-electron chi connectivity index (χ3n) is 3.44. The summed E-state index contributed by atoms with van der Waals surface area (Å²) in [7, 11) is 0. The number of amides is 1. The first-order valence-corrected chi connectivity index (χ1v) is 8.54. The van der Waals surface area contributed by atoms with Crippen LogP contribution in [0.4, 0.5) is 5.69 Å². The molecule has 1 heterocycles. The number of rotatable bonds is 7. The Morgan fingerprint density at radius 2 is 2.04 bits per heavy atom. The van der Waals surface area contributed by atoms with Crippen LogP contribution in [0.5, 0.6) is 5.75 Å². The van der Waals surface area contributed by atoms with Crippen molar-refractivity contribution in [2.75, 3.05) is 18.1 Å². The van der Waals surface area contributed by atoms with Gasteiger partial charge in [0.05, 0.1) is 30.3 Å². The van der Waals surface area contributed by atoms with Gasteiger partial charge in [-0.1, -0.05) is 23.2 Å². The van der Waals surface area contributed by atoms with Crippen molar-refractivity contribution in [1.82, 2.24) is 9.78 Å². The van der Waals surface area contributed by atoms with Crippen LogP contribution >= 0.6 is 23.2 Å². The molecule has 2 rings (SSSR count). The van der Waals surface area contributed by atoms with E-state index in [0.717, 1.165) is 4.68 Å². The van der Waals surface area contributed by atoms with E-state index >= 15 is 0 Å². The molecule has 26 heavy (non-hydrogen) atoms. The normalized spacial score (nSPS) is 10.2. The largest absolute Gasteiger partial charge is 0.494 e. The maximum atomic E-state index is 12.7. The summed E-state index contributed by atoms with van der Waals surface area (Å²) in [5.41, 5.74) is -0.0683. The summed E-state index contributed by atoms with van der Waals surface area (Å²) in [4.78, 5) is 26.2. The van der Waals surface area contributed by atoms with Gasteiger partial charge in [0.2, 0.25) is 5.91 Å². The van der Waals surface area contributed by atoms with E-state index in [1.807, 2.05) is 13.0 Å². The average Bonchev–Trinajstić information content (AvgIpc) is 2.64. The SMILES string of the molecule is CCOc1ccc(N(CCC#N)C(=O)Cn2ncc(Cl)c(Cl)c2=O)cc1. The molecule has 0 atom stereocenters. The van der Waals surface area contributed by atoms with Crippen LogP contribution < -0.4 is 15.2 Å². The number of anilines is 1. The van der Waals surface area contributed by atoms with Crippen molar-refractivity contribution in [3.05, 3.63) is 50.9 Å². The van der Waals surface area contributed by atoms with E-state index < -0.39 is 11.5 Å². The molecule has 7 nitrogen and oxygen atoms in total. The number of ether oxygens (including phenoxy) is 1. The summed E-state index contributed by atoms with van der Waals surface area (Å²) in [6.45, 7) is 2.26. The Kier molecular flexibility index (Phi) is 7.01. The second-order valence-corrected chi connectivity index (χ2v) is 5.93. The van der Waals surface area contributed by atoms with Crippen LogP contribution in [0.3, 0.4) is 0 Å². The van der Waals surface area contributed by atoms with E-state index in [1.54, 1.807) is 24.3 Å². The monoisotopic (exact) mass is 394 g/mol. The van der Waals surface area contributed by atoms with Crippen LogP contribution in [0.25, 0.3) is 0 Å². The van der Waals surface area contributed by atoms with Gasteiger partial charge in [0.25, 0.3) is 5.56 Å². The maximum Gasteiger partial charge on any atom is 0.287 e.